The van der Waals surface area contributed by atoms with E-state index in [1.54, 1.807) is 6.07 Å². The molecule has 0 saturated carbocycles. The van der Waals surface area contributed by atoms with Crippen LogP contribution in [0.2, 0.25) is 0 Å². The van der Waals surface area contributed by atoms with Crippen LogP contribution in [0.25, 0.3) is 0 Å². The zero-order chi connectivity index (χ0) is 12.8. The molecule has 0 aromatic heterocycles. The van der Waals surface area contributed by atoms with Crippen molar-refractivity contribution >= 4 is 15.9 Å². The summed E-state index contributed by atoms with van der Waals surface area (Å²) in [5.74, 6) is 0.992. The van der Waals surface area contributed by atoms with E-state index in [0.717, 1.165) is 29.5 Å². The molecule has 1 aromatic carbocycles. The van der Waals surface area contributed by atoms with Gasteiger partial charge in [0.15, 0.2) is 0 Å². The standard InChI is InChI=1S/C14H21BrFN/c1-10(2)8-17-9-11(3)6-12-7-13(15)4-5-14(12)16/h4-5,7,10-11,17H,6,8-9H2,1-3H3. The van der Waals surface area contributed by atoms with Crippen molar-refractivity contribution in [2.24, 2.45) is 11.8 Å². The number of hydrogen-bond acceptors (Lipinski definition) is 1. The first-order valence-electron chi connectivity index (χ1n) is 6.13. The maximum Gasteiger partial charge on any atom is 0.126 e. The topological polar surface area (TPSA) is 12.0 Å². The largest absolute Gasteiger partial charge is 0.316 e. The molecule has 0 amide bonds. The van der Waals surface area contributed by atoms with Gasteiger partial charge in [0.2, 0.25) is 0 Å². The van der Waals surface area contributed by atoms with E-state index >= 15 is 0 Å². The minimum Gasteiger partial charge on any atom is -0.316 e. The van der Waals surface area contributed by atoms with E-state index in [1.807, 2.05) is 6.07 Å². The van der Waals surface area contributed by atoms with Gasteiger partial charge in [-0.2, -0.15) is 0 Å². The van der Waals surface area contributed by atoms with E-state index in [-0.39, 0.29) is 5.82 Å². The molecule has 0 bridgehead atoms. The van der Waals surface area contributed by atoms with Crippen molar-refractivity contribution < 1.29 is 4.39 Å². The Morgan fingerprint density at radius 2 is 1.94 bits per heavy atom. The van der Waals surface area contributed by atoms with E-state index in [9.17, 15) is 4.39 Å². The van der Waals surface area contributed by atoms with Gasteiger partial charge in [0.1, 0.15) is 5.82 Å². The third-order valence-electron chi connectivity index (χ3n) is 2.62. The smallest absolute Gasteiger partial charge is 0.126 e. The van der Waals surface area contributed by atoms with Crippen LogP contribution in [-0.4, -0.2) is 13.1 Å². The third-order valence-corrected chi connectivity index (χ3v) is 3.11. The Morgan fingerprint density at radius 1 is 1.24 bits per heavy atom. The molecule has 0 aliphatic heterocycles. The molecule has 0 aliphatic carbocycles. The van der Waals surface area contributed by atoms with Gasteiger partial charge < -0.3 is 5.32 Å². The van der Waals surface area contributed by atoms with Crippen molar-refractivity contribution in [3.8, 4) is 0 Å². The summed E-state index contributed by atoms with van der Waals surface area (Å²) in [4.78, 5) is 0. The van der Waals surface area contributed by atoms with Gasteiger partial charge in [-0.3, -0.25) is 0 Å². The summed E-state index contributed by atoms with van der Waals surface area (Å²) in [6.45, 7) is 8.47. The Balaban J connectivity index is 2.44. The van der Waals surface area contributed by atoms with Crippen LogP contribution >= 0.6 is 15.9 Å². The molecular formula is C14H21BrFN. The van der Waals surface area contributed by atoms with Gasteiger partial charge in [-0.25, -0.2) is 4.39 Å². The highest BCUT2D eigenvalue weighted by atomic mass is 79.9. The van der Waals surface area contributed by atoms with Gasteiger partial charge in [-0.15, -0.1) is 0 Å². The van der Waals surface area contributed by atoms with Crippen LogP contribution in [0, 0.1) is 17.7 Å². The van der Waals surface area contributed by atoms with Crippen LogP contribution in [0.15, 0.2) is 22.7 Å². The van der Waals surface area contributed by atoms with Crippen LogP contribution in [0.4, 0.5) is 4.39 Å². The molecule has 0 fully saturated rings. The highest BCUT2D eigenvalue weighted by molar-refractivity contribution is 9.10. The van der Waals surface area contributed by atoms with E-state index < -0.39 is 0 Å². The second-order valence-corrected chi connectivity index (χ2v) is 6.01. The van der Waals surface area contributed by atoms with E-state index in [1.165, 1.54) is 6.07 Å². The number of benzene rings is 1. The molecule has 0 radical (unpaired) electrons. The molecule has 0 heterocycles. The average molecular weight is 302 g/mol. The predicted octanol–water partition coefficient (Wildman–Crippen LogP) is 4.01. The van der Waals surface area contributed by atoms with Crippen LogP contribution in [0.5, 0.6) is 0 Å². The lowest BCUT2D eigenvalue weighted by Crippen LogP contribution is -2.26. The highest BCUT2D eigenvalue weighted by Crippen LogP contribution is 2.18. The molecule has 1 nitrogen and oxygen atoms in total. The molecule has 0 spiro atoms. The summed E-state index contributed by atoms with van der Waals surface area (Å²) >= 11 is 3.38. The van der Waals surface area contributed by atoms with E-state index in [0.29, 0.717) is 11.8 Å². The Hall–Kier alpha value is -0.410. The van der Waals surface area contributed by atoms with Crippen molar-refractivity contribution in [3.05, 3.63) is 34.1 Å². The molecule has 3 heteroatoms. The highest BCUT2D eigenvalue weighted by Gasteiger charge is 2.08. The Bertz CT molecular complexity index is 352. The van der Waals surface area contributed by atoms with Crippen LogP contribution in [0.1, 0.15) is 26.3 Å². The second-order valence-electron chi connectivity index (χ2n) is 5.10. The summed E-state index contributed by atoms with van der Waals surface area (Å²) in [6.07, 6.45) is 0.774. The SMILES string of the molecule is CC(C)CNCC(C)Cc1cc(Br)ccc1F. The summed E-state index contributed by atoms with van der Waals surface area (Å²) in [5.41, 5.74) is 0.790. The lowest BCUT2D eigenvalue weighted by molar-refractivity contribution is 0.466. The average Bonchev–Trinajstić information content (AvgIpc) is 2.23. The molecule has 1 rings (SSSR count). The fourth-order valence-electron chi connectivity index (χ4n) is 1.77. The van der Waals surface area contributed by atoms with Gasteiger partial charge >= 0.3 is 0 Å². The van der Waals surface area contributed by atoms with Crippen LogP contribution < -0.4 is 5.32 Å². The lowest BCUT2D eigenvalue weighted by atomic mass is 10.0. The van der Waals surface area contributed by atoms with Crippen LogP contribution in [0.3, 0.4) is 0 Å². The van der Waals surface area contributed by atoms with Gasteiger partial charge in [-0.1, -0.05) is 36.7 Å². The number of hydrogen-bond donors (Lipinski definition) is 1. The van der Waals surface area contributed by atoms with Gasteiger partial charge in [0.05, 0.1) is 0 Å². The monoisotopic (exact) mass is 301 g/mol. The van der Waals surface area contributed by atoms with Gasteiger partial charge in [0.25, 0.3) is 0 Å². The fourth-order valence-corrected chi connectivity index (χ4v) is 2.17. The summed E-state index contributed by atoms with van der Waals surface area (Å²) in [6, 6.07) is 5.13. The minimum absolute atomic E-state index is 0.107. The van der Waals surface area contributed by atoms with E-state index in [2.05, 4.69) is 42.0 Å². The lowest BCUT2D eigenvalue weighted by Gasteiger charge is -2.14. The Morgan fingerprint density at radius 3 is 2.59 bits per heavy atom. The molecule has 1 unspecified atom stereocenters. The molecule has 1 atom stereocenters. The maximum atomic E-state index is 13.5. The molecule has 1 aromatic rings. The van der Waals surface area contributed by atoms with Crippen molar-refractivity contribution in [2.45, 2.75) is 27.2 Å². The molecule has 0 saturated heterocycles. The van der Waals surface area contributed by atoms with Gasteiger partial charge in [-0.05, 0) is 55.1 Å². The summed E-state index contributed by atoms with van der Waals surface area (Å²) in [7, 11) is 0. The normalized spacial score (nSPS) is 13.1. The maximum absolute atomic E-state index is 13.5. The fraction of sp³-hybridized carbons (Fsp3) is 0.571. The first-order valence-corrected chi connectivity index (χ1v) is 6.93. The van der Waals surface area contributed by atoms with E-state index in [4.69, 9.17) is 0 Å². The predicted molar refractivity (Wildman–Crippen MR) is 74.7 cm³/mol. The zero-order valence-electron chi connectivity index (χ0n) is 10.8. The van der Waals surface area contributed by atoms with Gasteiger partial charge in [0, 0.05) is 4.47 Å². The molecular weight excluding hydrogens is 281 g/mol. The van der Waals surface area contributed by atoms with Crippen molar-refractivity contribution in [3.63, 3.8) is 0 Å². The number of nitrogens with one attached hydrogen (secondary N) is 1. The Labute approximate surface area is 112 Å². The second kappa shape index (κ2) is 7.12. The first kappa shape index (κ1) is 14.7. The number of rotatable bonds is 6. The van der Waals surface area contributed by atoms with Crippen LogP contribution in [-0.2, 0) is 6.42 Å². The van der Waals surface area contributed by atoms with Crippen molar-refractivity contribution in [1.82, 2.24) is 5.32 Å². The minimum atomic E-state index is -0.107. The molecule has 1 N–H and O–H groups in total. The third kappa shape index (κ3) is 5.64. The van der Waals surface area contributed by atoms with Crippen molar-refractivity contribution in [2.75, 3.05) is 13.1 Å². The zero-order valence-corrected chi connectivity index (χ0v) is 12.3. The Kier molecular flexibility index (Phi) is 6.14. The summed E-state index contributed by atoms with van der Waals surface area (Å²) in [5, 5.41) is 3.40. The van der Waals surface area contributed by atoms with Crippen molar-refractivity contribution in [1.29, 1.82) is 0 Å². The quantitative estimate of drug-likeness (QED) is 0.837. The first-order chi connectivity index (χ1) is 7.99. The molecule has 96 valence electrons. The molecule has 0 aliphatic rings. The summed E-state index contributed by atoms with van der Waals surface area (Å²) < 4.78 is 14.5. The molecule has 17 heavy (non-hydrogen) atoms. The number of halogens is 2.